The fraction of sp³-hybridized carbons (Fsp3) is 0.500. The van der Waals surface area contributed by atoms with Crippen molar-refractivity contribution in [1.82, 2.24) is 0 Å². The minimum atomic E-state index is 0.287. The van der Waals surface area contributed by atoms with Gasteiger partial charge in [-0.25, -0.2) is 0 Å². The molecule has 0 amide bonds. The van der Waals surface area contributed by atoms with Crippen LogP contribution in [0, 0.1) is 0 Å². The van der Waals surface area contributed by atoms with Gasteiger partial charge in [-0.1, -0.05) is 12.2 Å². The molecule has 3 heteroatoms. The number of alkyl halides is 1. The first-order valence-corrected chi connectivity index (χ1v) is 2.06. The predicted molar refractivity (Wildman–Crippen MR) is 27.5 cm³/mol. The van der Waals surface area contributed by atoms with Crippen LogP contribution >= 0.6 is 23.8 Å². The summed E-state index contributed by atoms with van der Waals surface area (Å²) in [6, 6.07) is 0. The van der Waals surface area contributed by atoms with Crippen molar-refractivity contribution >= 4 is 28.8 Å². The minimum absolute atomic E-state index is 0.287. The zero-order valence-electron chi connectivity index (χ0n) is 2.57. The lowest BCUT2D eigenvalue weighted by atomic mass is 10.8. The number of hydrogen-bond donors (Lipinski definition) is 1. The largest absolute Gasteiger partial charge is 0.392 e. The highest BCUT2D eigenvalue weighted by Crippen LogP contribution is 1.69. The van der Waals surface area contributed by atoms with Gasteiger partial charge in [-0.05, 0) is 0 Å². The van der Waals surface area contributed by atoms with E-state index in [-0.39, 0.29) is 5.88 Å². The van der Waals surface area contributed by atoms with Crippen LogP contribution in [0.4, 0.5) is 0 Å². The second kappa shape index (κ2) is 2.42. The highest BCUT2D eigenvalue weighted by molar-refractivity contribution is 7.80. The van der Waals surface area contributed by atoms with E-state index < -0.39 is 0 Å². The molecule has 0 aliphatic carbocycles. The SMILES string of the molecule is NC(=S)CCl. The van der Waals surface area contributed by atoms with Gasteiger partial charge in [-0.3, -0.25) is 0 Å². The highest BCUT2D eigenvalue weighted by atomic mass is 35.5. The molecule has 0 bridgehead atoms. The molecular formula is C2H4ClNS. The van der Waals surface area contributed by atoms with Crippen molar-refractivity contribution in [2.24, 2.45) is 5.73 Å². The highest BCUT2D eigenvalue weighted by Gasteiger charge is 1.73. The Bertz CT molecular complexity index is 44.9. The van der Waals surface area contributed by atoms with Gasteiger partial charge in [0.1, 0.15) is 0 Å². The van der Waals surface area contributed by atoms with Gasteiger partial charge < -0.3 is 5.73 Å². The van der Waals surface area contributed by atoms with Gasteiger partial charge in [0.15, 0.2) is 0 Å². The molecule has 0 atom stereocenters. The Hall–Kier alpha value is 0.180. The summed E-state index contributed by atoms with van der Waals surface area (Å²) in [4.78, 5) is 0.353. The molecule has 5 heavy (non-hydrogen) atoms. The molecule has 30 valence electrons. The van der Waals surface area contributed by atoms with Gasteiger partial charge >= 0.3 is 0 Å². The van der Waals surface area contributed by atoms with Gasteiger partial charge in [0, 0.05) is 0 Å². The van der Waals surface area contributed by atoms with Gasteiger partial charge in [-0.2, -0.15) is 0 Å². The fourth-order valence-electron chi connectivity index (χ4n) is 0. The molecule has 0 saturated carbocycles. The second-order valence-corrected chi connectivity index (χ2v) is 1.39. The lowest BCUT2D eigenvalue weighted by Gasteiger charge is -1.76. The molecule has 2 N–H and O–H groups in total. The van der Waals surface area contributed by atoms with Gasteiger partial charge in [0.2, 0.25) is 0 Å². The maximum absolute atomic E-state index is 5.07. The van der Waals surface area contributed by atoms with E-state index in [0.29, 0.717) is 4.99 Å². The van der Waals surface area contributed by atoms with Crippen LogP contribution in [0.3, 0.4) is 0 Å². The molecule has 0 aromatic heterocycles. The third-order valence-electron chi connectivity index (χ3n) is 0.132. The summed E-state index contributed by atoms with van der Waals surface area (Å²) in [5.41, 5.74) is 4.89. The number of nitrogens with two attached hydrogens (primary N) is 1. The summed E-state index contributed by atoms with van der Waals surface area (Å²) < 4.78 is 0. The average Bonchev–Trinajstić information content (AvgIpc) is 1.38. The summed E-state index contributed by atoms with van der Waals surface area (Å²) >= 11 is 9.41. The zero-order chi connectivity index (χ0) is 4.28. The normalized spacial score (nSPS) is 7.40. The maximum atomic E-state index is 5.07. The molecule has 0 radical (unpaired) electrons. The van der Waals surface area contributed by atoms with E-state index in [9.17, 15) is 0 Å². The van der Waals surface area contributed by atoms with Crippen LogP contribution in [0.2, 0.25) is 0 Å². The predicted octanol–water partition coefficient (Wildman–Crippen LogP) is 0.511. The van der Waals surface area contributed by atoms with Crippen LogP contribution in [0.5, 0.6) is 0 Å². The van der Waals surface area contributed by atoms with Crippen LogP contribution in [-0.2, 0) is 0 Å². The van der Waals surface area contributed by atoms with Gasteiger partial charge in [-0.15, -0.1) is 11.6 Å². The summed E-state index contributed by atoms with van der Waals surface area (Å²) in [5, 5.41) is 0. The molecule has 0 aromatic rings. The van der Waals surface area contributed by atoms with Crippen LogP contribution in [0.15, 0.2) is 0 Å². The molecule has 0 rings (SSSR count). The van der Waals surface area contributed by atoms with Crippen LogP contribution in [-0.4, -0.2) is 10.9 Å². The standard InChI is InChI=1S/C2H4ClNS/c3-1-2(4)5/h1H2,(H2,4,5). The first-order chi connectivity index (χ1) is 2.27. The number of rotatable bonds is 1. The van der Waals surface area contributed by atoms with Crippen molar-refractivity contribution in [2.45, 2.75) is 0 Å². The first kappa shape index (κ1) is 5.18. The summed E-state index contributed by atoms with van der Waals surface area (Å²) in [7, 11) is 0. The van der Waals surface area contributed by atoms with Crippen molar-refractivity contribution < 1.29 is 0 Å². The second-order valence-electron chi connectivity index (χ2n) is 0.600. The van der Waals surface area contributed by atoms with Crippen LogP contribution in [0.1, 0.15) is 0 Å². The molecule has 0 aliphatic heterocycles. The Balaban J connectivity index is 2.85. The number of hydrogen-bond acceptors (Lipinski definition) is 1. The van der Waals surface area contributed by atoms with Crippen LogP contribution in [0.25, 0.3) is 0 Å². The Morgan fingerprint density at radius 2 is 2.20 bits per heavy atom. The van der Waals surface area contributed by atoms with Crippen LogP contribution < -0.4 is 5.73 Å². The lowest BCUT2D eigenvalue weighted by Crippen LogP contribution is -2.07. The van der Waals surface area contributed by atoms with Crippen molar-refractivity contribution in [3.05, 3.63) is 0 Å². The Morgan fingerprint density at radius 3 is 2.20 bits per heavy atom. The third-order valence-corrected chi connectivity index (χ3v) is 0.722. The molecular weight excluding hydrogens is 106 g/mol. The van der Waals surface area contributed by atoms with Gasteiger partial charge in [0.05, 0.1) is 10.9 Å². The van der Waals surface area contributed by atoms with Crippen molar-refractivity contribution in [3.8, 4) is 0 Å². The van der Waals surface area contributed by atoms with E-state index in [4.69, 9.17) is 17.3 Å². The first-order valence-electron chi connectivity index (χ1n) is 1.11. The van der Waals surface area contributed by atoms with E-state index in [1.54, 1.807) is 0 Å². The number of thiocarbonyl (C=S) groups is 1. The zero-order valence-corrected chi connectivity index (χ0v) is 4.14. The minimum Gasteiger partial charge on any atom is -0.392 e. The quantitative estimate of drug-likeness (QED) is 0.392. The average molecular weight is 110 g/mol. The van der Waals surface area contributed by atoms with Crippen molar-refractivity contribution in [3.63, 3.8) is 0 Å². The Labute approximate surface area is 41.1 Å². The van der Waals surface area contributed by atoms with E-state index in [1.165, 1.54) is 0 Å². The summed E-state index contributed by atoms with van der Waals surface area (Å²) in [5.74, 6) is 0.287. The number of halogens is 1. The van der Waals surface area contributed by atoms with E-state index in [1.807, 2.05) is 0 Å². The molecule has 0 saturated heterocycles. The molecule has 0 heterocycles. The smallest absolute Gasteiger partial charge is 0.0877 e. The third kappa shape index (κ3) is 4.18. The fourth-order valence-corrected chi connectivity index (χ4v) is 0. The molecule has 0 fully saturated rings. The molecule has 0 spiro atoms. The summed E-state index contributed by atoms with van der Waals surface area (Å²) in [6.07, 6.45) is 0. The Morgan fingerprint density at radius 1 is 2.00 bits per heavy atom. The Kier molecular flexibility index (Phi) is 2.51. The monoisotopic (exact) mass is 109 g/mol. The lowest BCUT2D eigenvalue weighted by molar-refractivity contribution is 1.74. The molecule has 0 aliphatic rings. The summed E-state index contributed by atoms with van der Waals surface area (Å²) in [6.45, 7) is 0. The van der Waals surface area contributed by atoms with Crippen molar-refractivity contribution in [2.75, 3.05) is 5.88 Å². The topological polar surface area (TPSA) is 26.0 Å². The maximum Gasteiger partial charge on any atom is 0.0877 e. The van der Waals surface area contributed by atoms with Crippen molar-refractivity contribution in [1.29, 1.82) is 0 Å². The molecule has 0 aromatic carbocycles. The molecule has 0 unspecified atom stereocenters. The van der Waals surface area contributed by atoms with E-state index in [2.05, 4.69) is 12.2 Å². The van der Waals surface area contributed by atoms with E-state index in [0.717, 1.165) is 0 Å². The molecule has 1 nitrogen and oxygen atoms in total. The van der Waals surface area contributed by atoms with E-state index >= 15 is 0 Å². The van der Waals surface area contributed by atoms with Gasteiger partial charge in [0.25, 0.3) is 0 Å².